The van der Waals surface area contributed by atoms with Crippen molar-refractivity contribution in [2.75, 3.05) is 31.2 Å². The number of rotatable bonds is 3. The van der Waals surface area contributed by atoms with Gasteiger partial charge < -0.3 is 15.4 Å². The average Bonchev–Trinajstić information content (AvgIpc) is 2.67. The fraction of sp³-hybridized carbons (Fsp3) is 0.571. The van der Waals surface area contributed by atoms with Crippen LogP contribution in [0.3, 0.4) is 0 Å². The molecule has 1 aromatic carbocycles. The fourth-order valence-corrected chi connectivity index (χ4v) is 2.17. The molecule has 94 valence electrons. The van der Waals surface area contributed by atoms with E-state index < -0.39 is 0 Å². The molecule has 0 unspecified atom stereocenters. The van der Waals surface area contributed by atoms with E-state index >= 15 is 0 Å². The minimum absolute atomic E-state index is 0.163. The van der Waals surface area contributed by atoms with Crippen LogP contribution in [0.4, 0.5) is 5.69 Å². The van der Waals surface area contributed by atoms with Crippen molar-refractivity contribution in [1.29, 1.82) is 0 Å². The molecule has 1 aliphatic rings. The van der Waals surface area contributed by atoms with Gasteiger partial charge in [-0.3, -0.25) is 0 Å². The van der Waals surface area contributed by atoms with E-state index in [4.69, 9.17) is 10.5 Å². The molecular weight excluding hydrogens is 212 g/mol. The summed E-state index contributed by atoms with van der Waals surface area (Å²) in [5.41, 5.74) is 8.52. The number of ether oxygens (including phenoxy) is 1. The van der Waals surface area contributed by atoms with Crippen molar-refractivity contribution in [1.82, 2.24) is 0 Å². The highest BCUT2D eigenvalue weighted by Gasteiger charge is 2.10. The fourth-order valence-electron chi connectivity index (χ4n) is 2.17. The van der Waals surface area contributed by atoms with Gasteiger partial charge in [-0.15, -0.1) is 0 Å². The molecule has 1 aromatic rings. The van der Waals surface area contributed by atoms with E-state index in [0.29, 0.717) is 0 Å². The van der Waals surface area contributed by atoms with Gasteiger partial charge in [0.15, 0.2) is 0 Å². The van der Waals surface area contributed by atoms with Gasteiger partial charge in [-0.2, -0.15) is 0 Å². The Hall–Kier alpha value is -1.06. The van der Waals surface area contributed by atoms with Crippen LogP contribution in [-0.4, -0.2) is 26.3 Å². The van der Waals surface area contributed by atoms with Gasteiger partial charge in [0.05, 0.1) is 6.61 Å². The van der Waals surface area contributed by atoms with Gasteiger partial charge in [0.2, 0.25) is 0 Å². The smallest absolute Gasteiger partial charge is 0.0641 e. The van der Waals surface area contributed by atoms with E-state index in [1.165, 1.54) is 11.3 Å². The molecule has 1 saturated heterocycles. The summed E-state index contributed by atoms with van der Waals surface area (Å²) in [5.74, 6) is 0. The van der Waals surface area contributed by atoms with Crippen LogP contribution in [0.25, 0.3) is 0 Å². The van der Waals surface area contributed by atoms with Crippen molar-refractivity contribution < 1.29 is 4.74 Å². The predicted molar refractivity (Wildman–Crippen MR) is 71.3 cm³/mol. The Morgan fingerprint density at radius 2 is 2.00 bits per heavy atom. The predicted octanol–water partition coefficient (Wildman–Crippen LogP) is 2.32. The summed E-state index contributed by atoms with van der Waals surface area (Å²) in [6, 6.07) is 8.81. The van der Waals surface area contributed by atoms with Crippen LogP contribution in [0, 0.1) is 0 Å². The Morgan fingerprint density at radius 1 is 1.24 bits per heavy atom. The zero-order valence-electron chi connectivity index (χ0n) is 10.6. The second-order valence-corrected chi connectivity index (χ2v) is 4.56. The summed E-state index contributed by atoms with van der Waals surface area (Å²) in [6.45, 7) is 5.90. The molecule has 0 aliphatic carbocycles. The Bertz CT molecular complexity index is 329. The average molecular weight is 234 g/mol. The van der Waals surface area contributed by atoms with Crippen molar-refractivity contribution in [3.63, 3.8) is 0 Å². The standard InChI is InChI=1S/C14H22N2O/c1-2-14(15)12-4-6-13(7-5-12)16-8-3-10-17-11-9-16/h4-7,14H,2-3,8-11,15H2,1H3/t14-/m0/s1. The topological polar surface area (TPSA) is 38.5 Å². The largest absolute Gasteiger partial charge is 0.380 e. The zero-order chi connectivity index (χ0) is 12.1. The molecule has 1 fully saturated rings. The Morgan fingerprint density at radius 3 is 2.71 bits per heavy atom. The van der Waals surface area contributed by atoms with E-state index in [9.17, 15) is 0 Å². The van der Waals surface area contributed by atoms with E-state index in [0.717, 1.165) is 39.1 Å². The van der Waals surface area contributed by atoms with Gasteiger partial charge in [-0.25, -0.2) is 0 Å². The van der Waals surface area contributed by atoms with Crippen LogP contribution in [0.1, 0.15) is 31.4 Å². The number of anilines is 1. The monoisotopic (exact) mass is 234 g/mol. The Labute approximate surface area is 104 Å². The lowest BCUT2D eigenvalue weighted by Gasteiger charge is -2.22. The summed E-state index contributed by atoms with van der Waals surface area (Å²) in [4.78, 5) is 2.38. The van der Waals surface area contributed by atoms with Crippen molar-refractivity contribution in [2.24, 2.45) is 5.73 Å². The SMILES string of the molecule is CC[C@H](N)c1ccc(N2CCCOCC2)cc1. The molecule has 17 heavy (non-hydrogen) atoms. The third-order valence-electron chi connectivity index (χ3n) is 3.35. The van der Waals surface area contributed by atoms with Crippen molar-refractivity contribution in [2.45, 2.75) is 25.8 Å². The van der Waals surface area contributed by atoms with E-state index in [2.05, 4.69) is 36.1 Å². The van der Waals surface area contributed by atoms with E-state index in [-0.39, 0.29) is 6.04 Å². The molecule has 2 rings (SSSR count). The lowest BCUT2D eigenvalue weighted by Crippen LogP contribution is -2.25. The summed E-state index contributed by atoms with van der Waals surface area (Å²) >= 11 is 0. The molecule has 0 amide bonds. The lowest BCUT2D eigenvalue weighted by atomic mass is 10.1. The van der Waals surface area contributed by atoms with Crippen molar-refractivity contribution in [3.05, 3.63) is 29.8 Å². The number of nitrogens with zero attached hydrogens (tertiary/aromatic N) is 1. The molecule has 3 nitrogen and oxygen atoms in total. The first-order valence-corrected chi connectivity index (χ1v) is 6.49. The quantitative estimate of drug-likeness (QED) is 0.872. The van der Waals surface area contributed by atoms with Crippen LogP contribution in [0.5, 0.6) is 0 Å². The molecule has 1 heterocycles. The van der Waals surface area contributed by atoms with Gasteiger partial charge >= 0.3 is 0 Å². The van der Waals surface area contributed by atoms with Crippen LogP contribution in [0.15, 0.2) is 24.3 Å². The summed E-state index contributed by atoms with van der Waals surface area (Å²) < 4.78 is 5.46. The normalized spacial score (nSPS) is 18.8. The first-order valence-electron chi connectivity index (χ1n) is 6.49. The second-order valence-electron chi connectivity index (χ2n) is 4.56. The highest BCUT2D eigenvalue weighted by atomic mass is 16.5. The number of benzene rings is 1. The summed E-state index contributed by atoms with van der Waals surface area (Å²) in [6.07, 6.45) is 2.09. The molecule has 3 heteroatoms. The molecule has 0 radical (unpaired) electrons. The first-order chi connectivity index (χ1) is 8.31. The highest BCUT2D eigenvalue weighted by Crippen LogP contribution is 2.20. The summed E-state index contributed by atoms with van der Waals surface area (Å²) in [5, 5.41) is 0. The zero-order valence-corrected chi connectivity index (χ0v) is 10.6. The van der Waals surface area contributed by atoms with Crippen LogP contribution in [-0.2, 0) is 4.74 Å². The van der Waals surface area contributed by atoms with Crippen molar-refractivity contribution in [3.8, 4) is 0 Å². The van der Waals surface area contributed by atoms with Crippen LogP contribution >= 0.6 is 0 Å². The van der Waals surface area contributed by atoms with Gasteiger partial charge in [0, 0.05) is 31.4 Å². The molecule has 0 saturated carbocycles. The number of nitrogens with two attached hydrogens (primary N) is 1. The Kier molecular flexibility index (Phi) is 4.40. The number of hydrogen-bond acceptors (Lipinski definition) is 3. The van der Waals surface area contributed by atoms with Gasteiger partial charge in [0.1, 0.15) is 0 Å². The molecule has 0 spiro atoms. The lowest BCUT2D eigenvalue weighted by molar-refractivity contribution is 0.152. The first kappa shape index (κ1) is 12.4. The molecule has 0 aromatic heterocycles. The minimum Gasteiger partial charge on any atom is -0.380 e. The van der Waals surface area contributed by atoms with Gasteiger partial charge in [-0.05, 0) is 30.5 Å². The maximum absolute atomic E-state index is 6.01. The van der Waals surface area contributed by atoms with Crippen LogP contribution < -0.4 is 10.6 Å². The third-order valence-corrected chi connectivity index (χ3v) is 3.35. The van der Waals surface area contributed by atoms with E-state index in [1.54, 1.807) is 0 Å². The van der Waals surface area contributed by atoms with Crippen molar-refractivity contribution >= 4 is 5.69 Å². The van der Waals surface area contributed by atoms with Gasteiger partial charge in [-0.1, -0.05) is 19.1 Å². The van der Waals surface area contributed by atoms with E-state index in [1.807, 2.05) is 0 Å². The van der Waals surface area contributed by atoms with Gasteiger partial charge in [0.25, 0.3) is 0 Å². The minimum atomic E-state index is 0.163. The summed E-state index contributed by atoms with van der Waals surface area (Å²) in [7, 11) is 0. The van der Waals surface area contributed by atoms with Crippen LogP contribution in [0.2, 0.25) is 0 Å². The Balaban J connectivity index is 2.05. The maximum atomic E-state index is 6.01. The second kappa shape index (κ2) is 6.03. The molecule has 2 N–H and O–H groups in total. The molecule has 1 atom stereocenters. The highest BCUT2D eigenvalue weighted by molar-refractivity contribution is 5.48. The molecular formula is C14H22N2O. The third kappa shape index (κ3) is 3.20. The number of hydrogen-bond donors (Lipinski definition) is 1. The molecule has 1 aliphatic heterocycles. The maximum Gasteiger partial charge on any atom is 0.0641 e. The molecule has 0 bridgehead atoms.